The summed E-state index contributed by atoms with van der Waals surface area (Å²) < 4.78 is 5.01. The zero-order chi connectivity index (χ0) is 30.5. The fourth-order valence-electron chi connectivity index (χ4n) is 6.77. The molecule has 2 unspecified atom stereocenters. The number of esters is 1. The number of rotatable bonds is 9. The van der Waals surface area contributed by atoms with Gasteiger partial charge in [-0.3, -0.25) is 24.2 Å². The standard InChI is InChI=1S/C31H55N5O5/c1-21(2)25(20-35-18-13-16-23(35)28(38)36-19-12-10-15-24(36)30(40)41-8)34(7)29(39)26(31(3,4)5)32-27(37)22-14-9-11-17-33(22)6/h21-26H,9-20H2,1-8H3,(H,32,37)/t22?,23?,24-,25+,26+/m0/s1. The highest BCUT2D eigenvalue weighted by atomic mass is 16.5. The summed E-state index contributed by atoms with van der Waals surface area (Å²) in [5.41, 5.74) is -0.473. The number of likely N-dealkylation sites (tertiary alicyclic amines) is 3. The zero-order valence-electron chi connectivity index (χ0n) is 26.8. The number of hydrogen-bond donors (Lipinski definition) is 1. The third-order valence-electron chi connectivity index (χ3n) is 9.42. The second-order valence-electron chi connectivity index (χ2n) is 13.8. The predicted molar refractivity (Wildman–Crippen MR) is 159 cm³/mol. The second kappa shape index (κ2) is 14.3. The van der Waals surface area contributed by atoms with Gasteiger partial charge in [0.15, 0.2) is 0 Å². The Morgan fingerprint density at radius 2 is 1.51 bits per heavy atom. The molecule has 10 nitrogen and oxygen atoms in total. The van der Waals surface area contributed by atoms with Gasteiger partial charge in [0.1, 0.15) is 12.1 Å². The quantitative estimate of drug-likeness (QED) is 0.420. The van der Waals surface area contributed by atoms with Gasteiger partial charge >= 0.3 is 5.97 Å². The highest BCUT2D eigenvalue weighted by molar-refractivity contribution is 5.90. The van der Waals surface area contributed by atoms with Crippen LogP contribution in [0.5, 0.6) is 0 Å². The number of methoxy groups -OCH3 is 1. The van der Waals surface area contributed by atoms with Crippen molar-refractivity contribution in [2.45, 2.75) is 116 Å². The van der Waals surface area contributed by atoms with Crippen LogP contribution < -0.4 is 5.32 Å². The molecule has 3 aliphatic heterocycles. The number of amides is 3. The molecular formula is C31H55N5O5. The zero-order valence-corrected chi connectivity index (χ0v) is 26.8. The van der Waals surface area contributed by atoms with E-state index >= 15 is 0 Å². The summed E-state index contributed by atoms with van der Waals surface area (Å²) in [6.45, 7) is 12.9. The minimum atomic E-state index is -0.665. The average Bonchev–Trinajstić information content (AvgIpc) is 3.40. The van der Waals surface area contributed by atoms with Gasteiger partial charge in [-0.05, 0) is 76.4 Å². The maximum absolute atomic E-state index is 14.1. The highest BCUT2D eigenvalue weighted by Gasteiger charge is 2.43. The first-order chi connectivity index (χ1) is 19.3. The lowest BCUT2D eigenvalue weighted by Crippen LogP contribution is -2.61. The fraction of sp³-hybridized carbons (Fsp3) is 0.871. The number of nitrogens with one attached hydrogen (secondary N) is 1. The van der Waals surface area contributed by atoms with Crippen LogP contribution in [-0.2, 0) is 23.9 Å². The maximum atomic E-state index is 14.1. The Bertz CT molecular complexity index is 934. The van der Waals surface area contributed by atoms with E-state index in [0.29, 0.717) is 19.5 Å². The van der Waals surface area contributed by atoms with Gasteiger partial charge in [0, 0.05) is 26.2 Å². The van der Waals surface area contributed by atoms with E-state index in [1.807, 2.05) is 34.9 Å². The molecule has 0 spiro atoms. The molecule has 41 heavy (non-hydrogen) atoms. The highest BCUT2D eigenvalue weighted by Crippen LogP contribution is 2.28. The lowest BCUT2D eigenvalue weighted by molar-refractivity contribution is -0.156. The Balaban J connectivity index is 1.75. The van der Waals surface area contributed by atoms with E-state index in [0.717, 1.165) is 58.0 Å². The summed E-state index contributed by atoms with van der Waals surface area (Å²) in [5, 5.41) is 3.13. The minimum Gasteiger partial charge on any atom is -0.467 e. The molecule has 5 atom stereocenters. The molecule has 3 aliphatic rings. The van der Waals surface area contributed by atoms with E-state index in [4.69, 9.17) is 4.74 Å². The largest absolute Gasteiger partial charge is 0.467 e. The molecule has 0 aromatic rings. The summed E-state index contributed by atoms with van der Waals surface area (Å²) in [6, 6.07) is -1.86. The monoisotopic (exact) mass is 577 g/mol. The number of likely N-dealkylation sites (N-methyl/N-ethyl adjacent to an activating group) is 2. The molecule has 10 heteroatoms. The number of hydrogen-bond acceptors (Lipinski definition) is 7. The lowest BCUT2D eigenvalue weighted by atomic mass is 9.84. The van der Waals surface area contributed by atoms with Gasteiger partial charge in [0.2, 0.25) is 17.7 Å². The molecule has 0 aliphatic carbocycles. The summed E-state index contributed by atoms with van der Waals surface area (Å²) >= 11 is 0. The number of carbonyl (C=O) groups is 4. The van der Waals surface area contributed by atoms with Crippen LogP contribution in [-0.4, -0.2) is 121 Å². The van der Waals surface area contributed by atoms with E-state index in [9.17, 15) is 19.2 Å². The average molecular weight is 578 g/mol. The van der Waals surface area contributed by atoms with Gasteiger partial charge in [-0.1, -0.05) is 41.0 Å². The molecular weight excluding hydrogens is 522 g/mol. The normalized spacial score (nSPS) is 26.0. The van der Waals surface area contributed by atoms with E-state index in [1.165, 1.54) is 7.11 Å². The number of nitrogens with zero attached hydrogens (tertiary/aromatic N) is 4. The first-order valence-corrected chi connectivity index (χ1v) is 15.7. The van der Waals surface area contributed by atoms with Crippen molar-refractivity contribution in [1.29, 1.82) is 0 Å². The van der Waals surface area contributed by atoms with Crippen molar-refractivity contribution >= 4 is 23.7 Å². The van der Waals surface area contributed by atoms with Crippen molar-refractivity contribution in [3.8, 4) is 0 Å². The summed E-state index contributed by atoms with van der Waals surface area (Å²) in [7, 11) is 5.18. The third-order valence-corrected chi connectivity index (χ3v) is 9.42. The first-order valence-electron chi connectivity index (χ1n) is 15.7. The summed E-state index contributed by atoms with van der Waals surface area (Å²) in [6.07, 6.45) is 6.95. The fourth-order valence-corrected chi connectivity index (χ4v) is 6.77. The molecule has 3 rings (SSSR count). The van der Waals surface area contributed by atoms with Crippen molar-refractivity contribution in [2.75, 3.05) is 47.4 Å². The van der Waals surface area contributed by atoms with Crippen molar-refractivity contribution in [2.24, 2.45) is 11.3 Å². The smallest absolute Gasteiger partial charge is 0.328 e. The Hall–Kier alpha value is -2.20. The molecule has 234 valence electrons. The van der Waals surface area contributed by atoms with Crippen molar-refractivity contribution in [3.63, 3.8) is 0 Å². The van der Waals surface area contributed by atoms with E-state index in [-0.39, 0.29) is 47.7 Å². The molecule has 0 saturated carbocycles. The molecule has 1 N–H and O–H groups in total. The Morgan fingerprint density at radius 3 is 2.10 bits per heavy atom. The van der Waals surface area contributed by atoms with Crippen LogP contribution in [0.25, 0.3) is 0 Å². The first kappa shape index (κ1) is 33.3. The van der Waals surface area contributed by atoms with Crippen molar-refractivity contribution < 1.29 is 23.9 Å². The van der Waals surface area contributed by atoms with Gasteiger partial charge in [-0.2, -0.15) is 0 Å². The molecule has 3 heterocycles. The minimum absolute atomic E-state index is 0.00878. The third kappa shape index (κ3) is 8.00. The van der Waals surface area contributed by atoms with Gasteiger partial charge in [-0.25, -0.2) is 4.79 Å². The van der Waals surface area contributed by atoms with Crippen molar-refractivity contribution in [3.05, 3.63) is 0 Å². The van der Waals surface area contributed by atoms with Crippen LogP contribution in [0.15, 0.2) is 0 Å². The maximum Gasteiger partial charge on any atom is 0.328 e. The van der Waals surface area contributed by atoms with Crippen LogP contribution in [0.3, 0.4) is 0 Å². The number of carbonyl (C=O) groups excluding carboxylic acids is 4. The SMILES string of the molecule is COC(=O)[C@@H]1CCCCN1C(=O)C1CCCN1C[C@H](C(C)C)N(C)C(=O)[C@@H](NC(=O)C1CCCCN1C)C(C)(C)C. The van der Waals surface area contributed by atoms with Crippen LogP contribution in [0.1, 0.15) is 86.0 Å². The van der Waals surface area contributed by atoms with E-state index < -0.39 is 17.5 Å². The summed E-state index contributed by atoms with van der Waals surface area (Å²) in [5.74, 6) is -0.402. The molecule has 0 bridgehead atoms. The van der Waals surface area contributed by atoms with Crippen molar-refractivity contribution in [1.82, 2.24) is 24.9 Å². The second-order valence-corrected chi connectivity index (χ2v) is 13.8. The predicted octanol–water partition coefficient (Wildman–Crippen LogP) is 2.50. The molecule has 0 radical (unpaired) electrons. The van der Waals surface area contributed by atoms with Gasteiger partial charge in [0.25, 0.3) is 0 Å². The van der Waals surface area contributed by atoms with Crippen LogP contribution in [0.2, 0.25) is 0 Å². The van der Waals surface area contributed by atoms with Crippen LogP contribution in [0, 0.1) is 11.3 Å². The van der Waals surface area contributed by atoms with E-state index in [1.54, 1.807) is 9.80 Å². The van der Waals surface area contributed by atoms with Crippen LogP contribution >= 0.6 is 0 Å². The molecule has 0 aromatic heterocycles. The van der Waals surface area contributed by atoms with Gasteiger partial charge < -0.3 is 19.9 Å². The summed E-state index contributed by atoms with van der Waals surface area (Å²) in [4.78, 5) is 61.4. The van der Waals surface area contributed by atoms with Gasteiger partial charge in [0.05, 0.1) is 19.2 Å². The molecule has 3 saturated heterocycles. The molecule has 0 aromatic carbocycles. The molecule has 3 amide bonds. The lowest BCUT2D eigenvalue weighted by Gasteiger charge is -2.42. The Kier molecular flexibility index (Phi) is 11.6. The Morgan fingerprint density at radius 1 is 0.902 bits per heavy atom. The van der Waals surface area contributed by atoms with Crippen LogP contribution in [0.4, 0.5) is 0 Å². The topological polar surface area (TPSA) is 102 Å². The van der Waals surface area contributed by atoms with E-state index in [2.05, 4.69) is 29.0 Å². The number of piperidine rings is 2. The Labute approximate surface area is 247 Å². The van der Waals surface area contributed by atoms with Gasteiger partial charge in [-0.15, -0.1) is 0 Å². The molecule has 3 fully saturated rings. The number of ether oxygens (including phenoxy) is 1.